The van der Waals surface area contributed by atoms with Gasteiger partial charge in [0, 0.05) is 17.1 Å². The molecule has 1 nitrogen and oxygen atoms in total. The van der Waals surface area contributed by atoms with Crippen molar-refractivity contribution in [2.75, 3.05) is 0 Å². The number of pyridine rings is 1. The van der Waals surface area contributed by atoms with Gasteiger partial charge in [0.1, 0.15) is 0 Å². The lowest BCUT2D eigenvalue weighted by molar-refractivity contribution is 0.224. The van der Waals surface area contributed by atoms with Crippen LogP contribution in [0.5, 0.6) is 0 Å². The minimum Gasteiger partial charge on any atom is -0.256 e. The summed E-state index contributed by atoms with van der Waals surface area (Å²) in [6.07, 6.45) is 7.22. The summed E-state index contributed by atoms with van der Waals surface area (Å²) in [4.78, 5) is 4.65. The van der Waals surface area contributed by atoms with Gasteiger partial charge in [-0.15, -0.1) is 0 Å². The number of benzene rings is 3. The van der Waals surface area contributed by atoms with E-state index in [1.807, 2.05) is 12.3 Å². The van der Waals surface area contributed by atoms with E-state index in [0.717, 1.165) is 17.2 Å². The van der Waals surface area contributed by atoms with Crippen molar-refractivity contribution in [1.29, 1.82) is 0 Å². The zero-order chi connectivity index (χ0) is 20.6. The molecule has 3 aromatic carbocycles. The van der Waals surface area contributed by atoms with Crippen LogP contribution in [0.4, 0.5) is 0 Å². The van der Waals surface area contributed by atoms with Gasteiger partial charge in [0.2, 0.25) is 0 Å². The number of hydrogen-bond donors (Lipinski definition) is 0. The van der Waals surface area contributed by atoms with Crippen molar-refractivity contribution in [2.24, 2.45) is 5.41 Å². The van der Waals surface area contributed by atoms with Gasteiger partial charge in [0.25, 0.3) is 0 Å². The maximum atomic E-state index is 4.65. The van der Waals surface area contributed by atoms with Crippen molar-refractivity contribution < 1.29 is 0 Å². The van der Waals surface area contributed by atoms with Crippen molar-refractivity contribution >= 4 is 10.8 Å². The van der Waals surface area contributed by atoms with E-state index in [0.29, 0.717) is 5.41 Å². The quantitative estimate of drug-likeness (QED) is 0.342. The molecular weight excluding hydrogens is 362 g/mol. The van der Waals surface area contributed by atoms with Gasteiger partial charge in [-0.2, -0.15) is 0 Å². The number of nitrogens with zero attached hydrogens (tertiary/aromatic N) is 1. The molecule has 1 aromatic heterocycles. The molecule has 150 valence electrons. The molecule has 1 heterocycles. The number of rotatable bonds is 3. The molecular formula is C29H29N. The summed E-state index contributed by atoms with van der Waals surface area (Å²) >= 11 is 0. The van der Waals surface area contributed by atoms with Gasteiger partial charge in [-0.25, -0.2) is 0 Å². The summed E-state index contributed by atoms with van der Waals surface area (Å²) in [6, 6.07) is 28.6. The average molecular weight is 392 g/mol. The van der Waals surface area contributed by atoms with E-state index >= 15 is 0 Å². The normalized spacial score (nSPS) is 16.6. The van der Waals surface area contributed by atoms with E-state index in [4.69, 9.17) is 0 Å². The minimum absolute atomic E-state index is 0.523. The molecule has 0 bridgehead atoms. The van der Waals surface area contributed by atoms with Crippen LogP contribution in [0.25, 0.3) is 33.2 Å². The highest BCUT2D eigenvalue weighted by Crippen LogP contribution is 2.42. The summed E-state index contributed by atoms with van der Waals surface area (Å²) < 4.78 is 0. The summed E-state index contributed by atoms with van der Waals surface area (Å²) in [6.45, 7) is 4.82. The average Bonchev–Trinajstić information content (AvgIpc) is 2.79. The fourth-order valence-electron chi connectivity index (χ4n) is 4.86. The number of fused-ring (bicyclic) bond motifs is 1. The van der Waals surface area contributed by atoms with Crippen molar-refractivity contribution in [3.8, 4) is 22.4 Å². The molecule has 0 aliphatic heterocycles. The van der Waals surface area contributed by atoms with Crippen LogP contribution < -0.4 is 0 Å². The second-order valence-corrected chi connectivity index (χ2v) is 9.52. The summed E-state index contributed by atoms with van der Waals surface area (Å²) in [5.41, 5.74) is 6.80. The lowest BCUT2D eigenvalue weighted by atomic mass is 9.71. The molecule has 30 heavy (non-hydrogen) atoms. The molecule has 0 saturated heterocycles. The summed E-state index contributed by atoms with van der Waals surface area (Å²) in [5.74, 6) is 0.725. The van der Waals surface area contributed by atoms with Crippen molar-refractivity contribution in [3.05, 3.63) is 90.6 Å². The van der Waals surface area contributed by atoms with Crippen molar-refractivity contribution in [2.45, 2.75) is 45.4 Å². The van der Waals surface area contributed by atoms with Crippen molar-refractivity contribution in [1.82, 2.24) is 4.98 Å². The first-order chi connectivity index (χ1) is 14.6. The minimum atomic E-state index is 0.523. The Morgan fingerprint density at radius 3 is 2.17 bits per heavy atom. The van der Waals surface area contributed by atoms with Gasteiger partial charge in [-0.05, 0) is 71.2 Å². The number of aromatic nitrogens is 1. The first kappa shape index (κ1) is 19.1. The van der Waals surface area contributed by atoms with E-state index in [9.17, 15) is 0 Å². The zero-order valence-electron chi connectivity index (χ0n) is 17.9. The van der Waals surface area contributed by atoms with Gasteiger partial charge in [-0.1, -0.05) is 80.6 Å². The summed E-state index contributed by atoms with van der Waals surface area (Å²) in [7, 11) is 0. The monoisotopic (exact) mass is 391 g/mol. The lowest BCUT2D eigenvalue weighted by Gasteiger charge is -2.34. The predicted molar refractivity (Wildman–Crippen MR) is 128 cm³/mol. The third kappa shape index (κ3) is 3.77. The van der Waals surface area contributed by atoms with Gasteiger partial charge in [-0.3, -0.25) is 4.98 Å². The lowest BCUT2D eigenvalue weighted by Crippen LogP contribution is -2.20. The van der Waals surface area contributed by atoms with Gasteiger partial charge >= 0.3 is 0 Å². The topological polar surface area (TPSA) is 12.9 Å². The molecule has 0 unspecified atom stereocenters. The van der Waals surface area contributed by atoms with Crippen LogP contribution in [0.1, 0.15) is 51.0 Å². The Balaban J connectivity index is 1.43. The Kier molecular flexibility index (Phi) is 4.90. The van der Waals surface area contributed by atoms with Crippen LogP contribution in [-0.4, -0.2) is 4.98 Å². The standard InChI is InChI=1S/C29H29N/c1-29(2)17-14-23(15-18-29)21-8-10-22(11-9-21)25-12-13-27-26(20-25)16-19-30-28(27)24-6-4-3-5-7-24/h3-13,16,19-20,23H,14-15,17-18H2,1-2H3. The predicted octanol–water partition coefficient (Wildman–Crippen LogP) is 8.25. The van der Waals surface area contributed by atoms with Gasteiger partial charge in [0.15, 0.2) is 0 Å². The van der Waals surface area contributed by atoms with E-state index in [2.05, 4.69) is 91.6 Å². The Hall–Kier alpha value is -2.93. The summed E-state index contributed by atoms with van der Waals surface area (Å²) in [5, 5.41) is 2.44. The molecule has 1 aliphatic carbocycles. The zero-order valence-corrected chi connectivity index (χ0v) is 17.9. The smallest absolute Gasteiger partial charge is 0.0780 e. The van der Waals surface area contributed by atoms with Crippen LogP contribution >= 0.6 is 0 Å². The second-order valence-electron chi connectivity index (χ2n) is 9.52. The second kappa shape index (κ2) is 7.72. The molecule has 0 radical (unpaired) electrons. The highest BCUT2D eigenvalue weighted by Gasteiger charge is 2.27. The van der Waals surface area contributed by atoms with Crippen LogP contribution in [0.15, 0.2) is 85.1 Å². The maximum Gasteiger partial charge on any atom is 0.0780 e. The molecule has 0 spiro atoms. The van der Waals surface area contributed by atoms with E-state index in [1.54, 1.807) is 0 Å². The molecule has 1 saturated carbocycles. The molecule has 0 amide bonds. The first-order valence-electron chi connectivity index (χ1n) is 11.1. The van der Waals surface area contributed by atoms with Crippen LogP contribution in [0.3, 0.4) is 0 Å². The third-order valence-electron chi connectivity index (χ3n) is 6.87. The van der Waals surface area contributed by atoms with E-state index < -0.39 is 0 Å². The van der Waals surface area contributed by atoms with Crippen molar-refractivity contribution in [3.63, 3.8) is 0 Å². The van der Waals surface area contributed by atoms with Crippen LogP contribution in [0.2, 0.25) is 0 Å². The fraction of sp³-hybridized carbons (Fsp3) is 0.276. The fourth-order valence-corrected chi connectivity index (χ4v) is 4.86. The maximum absolute atomic E-state index is 4.65. The van der Waals surface area contributed by atoms with Crippen LogP contribution in [-0.2, 0) is 0 Å². The first-order valence-corrected chi connectivity index (χ1v) is 11.1. The Morgan fingerprint density at radius 1 is 0.733 bits per heavy atom. The Bertz CT molecular complexity index is 1150. The molecule has 0 N–H and O–H groups in total. The molecule has 0 atom stereocenters. The highest BCUT2D eigenvalue weighted by molar-refractivity contribution is 5.96. The number of hydrogen-bond acceptors (Lipinski definition) is 1. The van der Waals surface area contributed by atoms with Crippen LogP contribution in [0, 0.1) is 5.41 Å². The molecule has 5 rings (SSSR count). The SMILES string of the molecule is CC1(C)CCC(c2ccc(-c3ccc4c(-c5ccccc5)nccc4c3)cc2)CC1. The molecule has 1 fully saturated rings. The molecule has 4 aromatic rings. The molecule has 1 aliphatic rings. The molecule has 1 heteroatoms. The van der Waals surface area contributed by atoms with E-state index in [1.165, 1.54) is 53.1 Å². The van der Waals surface area contributed by atoms with E-state index in [-0.39, 0.29) is 0 Å². The highest BCUT2D eigenvalue weighted by atomic mass is 14.7. The third-order valence-corrected chi connectivity index (χ3v) is 6.87. The van der Waals surface area contributed by atoms with Gasteiger partial charge < -0.3 is 0 Å². The largest absolute Gasteiger partial charge is 0.256 e. The van der Waals surface area contributed by atoms with Gasteiger partial charge in [0.05, 0.1) is 5.69 Å². The Morgan fingerprint density at radius 2 is 1.43 bits per heavy atom. The Labute approximate surface area is 179 Å².